The number of carboxylic acid groups (broad SMARTS) is 1. The van der Waals surface area contributed by atoms with Gasteiger partial charge in [0.25, 0.3) is 0 Å². The Hall–Kier alpha value is -1.49. The second-order valence-electron chi connectivity index (χ2n) is 3.86. The molecule has 0 fully saturated rings. The number of thioether (sulfide) groups is 1. The first-order valence-electron chi connectivity index (χ1n) is 5.42. The highest BCUT2D eigenvalue weighted by molar-refractivity contribution is 7.99. The third kappa shape index (κ3) is 3.23. The van der Waals surface area contributed by atoms with Crippen LogP contribution in [0.15, 0.2) is 23.1 Å². The lowest BCUT2D eigenvalue weighted by molar-refractivity contribution is -0.136. The summed E-state index contributed by atoms with van der Waals surface area (Å²) in [4.78, 5) is 22.6. The summed E-state index contributed by atoms with van der Waals surface area (Å²) in [5, 5.41) is 11.4. The molecule has 1 aliphatic rings. The van der Waals surface area contributed by atoms with E-state index >= 15 is 0 Å². The van der Waals surface area contributed by atoms with Gasteiger partial charge in [0.2, 0.25) is 5.91 Å². The van der Waals surface area contributed by atoms with Crippen LogP contribution < -0.4 is 5.32 Å². The van der Waals surface area contributed by atoms with E-state index in [9.17, 15) is 9.59 Å². The molecule has 1 aliphatic heterocycles. The van der Waals surface area contributed by atoms with E-state index in [1.165, 1.54) is 11.8 Å². The largest absolute Gasteiger partial charge is 0.481 e. The van der Waals surface area contributed by atoms with Gasteiger partial charge in [0.05, 0.1) is 6.42 Å². The molecule has 0 unspecified atom stereocenters. The number of hydrogen-bond acceptors (Lipinski definition) is 3. The van der Waals surface area contributed by atoms with Crippen molar-refractivity contribution in [3.63, 3.8) is 0 Å². The SMILES string of the molecule is O=C(O)CCSc1ccc2c(c1)CCC(=O)N2. The summed E-state index contributed by atoms with van der Waals surface area (Å²) in [6, 6.07) is 5.83. The summed E-state index contributed by atoms with van der Waals surface area (Å²) in [6.07, 6.45) is 1.45. The lowest BCUT2D eigenvalue weighted by Crippen LogP contribution is -2.18. The number of aryl methyl sites for hydroxylation is 1. The molecule has 0 aliphatic carbocycles. The molecule has 2 N–H and O–H groups in total. The Morgan fingerprint density at radius 3 is 3.00 bits per heavy atom. The van der Waals surface area contributed by atoms with Gasteiger partial charge in [-0.15, -0.1) is 11.8 Å². The molecular formula is C12H13NO3S. The average Bonchev–Trinajstić information content (AvgIpc) is 2.29. The van der Waals surface area contributed by atoms with E-state index in [0.29, 0.717) is 12.2 Å². The van der Waals surface area contributed by atoms with Gasteiger partial charge in [-0.05, 0) is 30.2 Å². The normalized spacial score (nSPS) is 14.0. The smallest absolute Gasteiger partial charge is 0.304 e. The second kappa shape index (κ2) is 5.23. The quantitative estimate of drug-likeness (QED) is 0.805. The highest BCUT2D eigenvalue weighted by atomic mass is 32.2. The van der Waals surface area contributed by atoms with Crippen LogP contribution in [0.1, 0.15) is 18.4 Å². The van der Waals surface area contributed by atoms with Crippen LogP contribution in [0.25, 0.3) is 0 Å². The van der Waals surface area contributed by atoms with Gasteiger partial charge < -0.3 is 10.4 Å². The fourth-order valence-corrected chi connectivity index (χ4v) is 2.61. The van der Waals surface area contributed by atoms with Crippen molar-refractivity contribution in [3.8, 4) is 0 Å². The Labute approximate surface area is 103 Å². The van der Waals surface area contributed by atoms with Crippen molar-refractivity contribution in [3.05, 3.63) is 23.8 Å². The first kappa shape index (κ1) is 12.0. The van der Waals surface area contributed by atoms with Gasteiger partial charge in [0, 0.05) is 22.8 Å². The Bertz CT molecular complexity index is 459. The number of benzene rings is 1. The molecule has 5 heteroatoms. The number of hydrogen-bond donors (Lipinski definition) is 2. The number of carbonyl (C=O) groups excluding carboxylic acids is 1. The zero-order valence-electron chi connectivity index (χ0n) is 9.23. The minimum atomic E-state index is -0.775. The van der Waals surface area contributed by atoms with E-state index in [4.69, 9.17) is 5.11 Å². The number of amides is 1. The molecule has 0 atom stereocenters. The molecule has 0 radical (unpaired) electrons. The number of rotatable bonds is 4. The van der Waals surface area contributed by atoms with Crippen LogP contribution in [0.4, 0.5) is 5.69 Å². The van der Waals surface area contributed by atoms with E-state index in [1.54, 1.807) is 0 Å². The summed E-state index contributed by atoms with van der Waals surface area (Å²) in [7, 11) is 0. The maximum Gasteiger partial charge on any atom is 0.304 e. The van der Waals surface area contributed by atoms with Crippen LogP contribution in [0, 0.1) is 0 Å². The van der Waals surface area contributed by atoms with Gasteiger partial charge in [-0.2, -0.15) is 0 Å². The molecule has 0 saturated heterocycles. The van der Waals surface area contributed by atoms with Crippen LogP contribution >= 0.6 is 11.8 Å². The summed E-state index contributed by atoms with van der Waals surface area (Å²) < 4.78 is 0. The van der Waals surface area contributed by atoms with E-state index < -0.39 is 5.97 Å². The molecule has 0 spiro atoms. The summed E-state index contributed by atoms with van der Waals surface area (Å²) >= 11 is 1.53. The Morgan fingerprint density at radius 2 is 2.24 bits per heavy atom. The third-order valence-electron chi connectivity index (χ3n) is 2.56. The highest BCUT2D eigenvalue weighted by Crippen LogP contribution is 2.28. The zero-order valence-corrected chi connectivity index (χ0v) is 10.0. The molecule has 1 aromatic carbocycles. The number of carbonyl (C=O) groups is 2. The maximum atomic E-state index is 11.2. The van der Waals surface area contributed by atoms with Crippen LogP contribution in [-0.2, 0) is 16.0 Å². The van der Waals surface area contributed by atoms with E-state index in [2.05, 4.69) is 5.32 Å². The predicted molar refractivity (Wildman–Crippen MR) is 66.4 cm³/mol. The van der Waals surface area contributed by atoms with Crippen LogP contribution in [0.3, 0.4) is 0 Å². The Kier molecular flexibility index (Phi) is 3.68. The Balaban J connectivity index is 2.01. The fourth-order valence-electron chi connectivity index (χ4n) is 1.71. The van der Waals surface area contributed by atoms with Gasteiger partial charge in [0.15, 0.2) is 0 Å². The fraction of sp³-hybridized carbons (Fsp3) is 0.333. The van der Waals surface area contributed by atoms with Gasteiger partial charge >= 0.3 is 5.97 Å². The molecule has 0 saturated carbocycles. The van der Waals surface area contributed by atoms with Crippen molar-refractivity contribution in [1.82, 2.24) is 0 Å². The second-order valence-corrected chi connectivity index (χ2v) is 5.03. The Morgan fingerprint density at radius 1 is 1.41 bits per heavy atom. The summed E-state index contributed by atoms with van der Waals surface area (Å²) in [6.45, 7) is 0. The minimum absolute atomic E-state index is 0.0591. The lowest BCUT2D eigenvalue weighted by atomic mass is 10.0. The summed E-state index contributed by atoms with van der Waals surface area (Å²) in [5.74, 6) is -0.146. The minimum Gasteiger partial charge on any atom is -0.481 e. The van der Waals surface area contributed by atoms with E-state index in [1.807, 2.05) is 18.2 Å². The molecule has 17 heavy (non-hydrogen) atoms. The van der Waals surface area contributed by atoms with Crippen molar-refractivity contribution >= 4 is 29.3 Å². The highest BCUT2D eigenvalue weighted by Gasteiger charge is 2.14. The number of nitrogens with one attached hydrogen (secondary N) is 1. The van der Waals surface area contributed by atoms with Crippen molar-refractivity contribution in [1.29, 1.82) is 0 Å². The zero-order chi connectivity index (χ0) is 12.3. The molecule has 1 aromatic rings. The molecular weight excluding hydrogens is 238 g/mol. The number of aliphatic carboxylic acids is 1. The van der Waals surface area contributed by atoms with Gasteiger partial charge in [-0.1, -0.05) is 0 Å². The lowest BCUT2D eigenvalue weighted by Gasteiger charge is -2.17. The van der Waals surface area contributed by atoms with Crippen molar-refractivity contribution in [2.24, 2.45) is 0 Å². The number of carboxylic acids is 1. The molecule has 2 rings (SSSR count). The monoisotopic (exact) mass is 251 g/mol. The predicted octanol–water partition coefficient (Wildman–Crippen LogP) is 2.14. The molecule has 1 heterocycles. The topological polar surface area (TPSA) is 66.4 Å². The van der Waals surface area contributed by atoms with Crippen LogP contribution in [-0.4, -0.2) is 22.7 Å². The number of anilines is 1. The van der Waals surface area contributed by atoms with Crippen LogP contribution in [0.2, 0.25) is 0 Å². The molecule has 0 aromatic heterocycles. The summed E-state index contributed by atoms with van der Waals surface area (Å²) in [5.41, 5.74) is 2.01. The van der Waals surface area contributed by atoms with Gasteiger partial charge in [-0.25, -0.2) is 0 Å². The van der Waals surface area contributed by atoms with Gasteiger partial charge in [0.1, 0.15) is 0 Å². The van der Waals surface area contributed by atoms with Crippen molar-refractivity contribution in [2.75, 3.05) is 11.1 Å². The van der Waals surface area contributed by atoms with E-state index in [0.717, 1.165) is 22.6 Å². The van der Waals surface area contributed by atoms with Crippen molar-refractivity contribution < 1.29 is 14.7 Å². The first-order valence-corrected chi connectivity index (χ1v) is 6.41. The maximum absolute atomic E-state index is 11.2. The molecule has 4 nitrogen and oxygen atoms in total. The van der Waals surface area contributed by atoms with Crippen LogP contribution in [0.5, 0.6) is 0 Å². The third-order valence-corrected chi connectivity index (χ3v) is 3.55. The standard InChI is InChI=1S/C12H13NO3S/c14-11-4-1-8-7-9(2-3-10(8)13-11)17-6-5-12(15)16/h2-3,7H,1,4-6H2,(H,13,14)(H,15,16). The average molecular weight is 251 g/mol. The molecule has 0 bridgehead atoms. The van der Waals surface area contributed by atoms with Crippen molar-refractivity contribution in [2.45, 2.75) is 24.2 Å². The number of fused-ring (bicyclic) bond motifs is 1. The first-order chi connectivity index (χ1) is 8.15. The molecule has 1 amide bonds. The van der Waals surface area contributed by atoms with E-state index in [-0.39, 0.29) is 12.3 Å². The molecule has 90 valence electrons. The van der Waals surface area contributed by atoms with Gasteiger partial charge in [-0.3, -0.25) is 9.59 Å².